The number of hydrogen-bond acceptors (Lipinski definition) is 3. The van der Waals surface area contributed by atoms with Crippen LogP contribution in [0.2, 0.25) is 19.1 Å². The summed E-state index contributed by atoms with van der Waals surface area (Å²) in [5, 5.41) is 1.78. The van der Waals surface area contributed by atoms with Crippen molar-refractivity contribution >= 4 is 14.4 Å². The lowest BCUT2D eigenvalue weighted by atomic mass is 9.94. The van der Waals surface area contributed by atoms with Gasteiger partial charge >= 0.3 is 42.1 Å². The first-order valence-electron chi connectivity index (χ1n) is 8.23. The number of amides is 1. The van der Waals surface area contributed by atoms with Gasteiger partial charge in [-0.1, -0.05) is 0 Å². The fourth-order valence-electron chi connectivity index (χ4n) is 1.88. The molecule has 0 aromatic heterocycles. The minimum absolute atomic E-state index is 0.210. The third-order valence-corrected chi connectivity index (χ3v) is 6.77. The highest BCUT2D eigenvalue weighted by atomic mass is 28.4. The molecule has 0 fully saturated rings. The van der Waals surface area contributed by atoms with Crippen molar-refractivity contribution in [3.8, 4) is 0 Å². The molecule has 0 heterocycles. The second-order valence-corrected chi connectivity index (χ2v) is 11.3. The van der Waals surface area contributed by atoms with Crippen molar-refractivity contribution in [2.45, 2.75) is 61.6 Å². The Morgan fingerprint density at radius 3 is 1.81 bits per heavy atom. The molecule has 0 saturated heterocycles. The molecule has 186 valence electrons. The zero-order valence-electron chi connectivity index (χ0n) is 16.2. The van der Waals surface area contributed by atoms with Crippen molar-refractivity contribution in [2.75, 3.05) is 20.3 Å². The van der Waals surface area contributed by atoms with E-state index in [1.165, 1.54) is 7.11 Å². The number of carbonyl (C=O) groups is 1. The average molecular weight is 505 g/mol. The molecule has 0 radical (unpaired) electrons. The third kappa shape index (κ3) is 6.10. The van der Waals surface area contributed by atoms with Gasteiger partial charge in [0.1, 0.15) is 0 Å². The molecule has 0 aromatic carbocycles. The van der Waals surface area contributed by atoms with E-state index in [0.717, 1.165) is 0 Å². The lowest BCUT2D eigenvalue weighted by Crippen LogP contribution is -2.69. The van der Waals surface area contributed by atoms with Crippen LogP contribution in [-0.2, 0) is 9.16 Å². The van der Waals surface area contributed by atoms with Crippen LogP contribution >= 0.6 is 0 Å². The molecule has 31 heavy (non-hydrogen) atoms. The molecule has 0 saturated carbocycles. The second-order valence-electron chi connectivity index (χ2n) is 6.92. The van der Waals surface area contributed by atoms with Gasteiger partial charge in [0.15, 0.2) is 14.9 Å². The molecule has 4 nitrogen and oxygen atoms in total. The Balaban J connectivity index is 5.22. The van der Waals surface area contributed by atoms with Crippen molar-refractivity contribution in [2.24, 2.45) is 0 Å². The number of ether oxygens (including phenoxy) is 1. The summed E-state index contributed by atoms with van der Waals surface area (Å²) >= 11 is 0. The molecule has 17 heteroatoms. The molecule has 0 aromatic rings. The molecule has 0 atom stereocenters. The number of carbonyl (C=O) groups excluding carboxylic acids is 1. The summed E-state index contributed by atoms with van der Waals surface area (Å²) in [5.41, 5.74) is 0. The van der Waals surface area contributed by atoms with Crippen molar-refractivity contribution in [1.82, 2.24) is 5.32 Å². The van der Waals surface area contributed by atoms with Crippen LogP contribution in [0.4, 0.5) is 57.5 Å². The van der Waals surface area contributed by atoms with E-state index in [1.54, 1.807) is 18.4 Å². The van der Waals surface area contributed by atoms with Gasteiger partial charge in [-0.05, 0) is 25.6 Å². The summed E-state index contributed by atoms with van der Waals surface area (Å²) in [6.45, 7) is 0.369. The number of halogens is 12. The van der Waals surface area contributed by atoms with Gasteiger partial charge < -0.3 is 14.5 Å². The molecule has 1 amide bonds. The molecule has 1 N–H and O–H groups in total. The minimum Gasteiger partial charge on any atom is -0.443 e. The Bertz CT molecular complexity index is 615. The fourth-order valence-corrected chi connectivity index (χ4v) is 3.11. The van der Waals surface area contributed by atoms with Crippen LogP contribution < -0.4 is 5.32 Å². The van der Waals surface area contributed by atoms with E-state index >= 15 is 0 Å². The van der Waals surface area contributed by atoms with Crippen LogP contribution in [-0.4, -0.2) is 70.7 Å². The van der Waals surface area contributed by atoms with E-state index in [-0.39, 0.29) is 13.0 Å². The lowest BCUT2D eigenvalue weighted by molar-refractivity contribution is -0.414. The topological polar surface area (TPSA) is 47.6 Å². The largest absolute Gasteiger partial charge is 0.443 e. The second kappa shape index (κ2) is 9.62. The van der Waals surface area contributed by atoms with Gasteiger partial charge in [-0.3, -0.25) is 0 Å². The number of alkyl carbamates (subject to hydrolysis) is 1. The monoisotopic (exact) mass is 505 g/mol. The lowest BCUT2D eigenvalue weighted by Gasteiger charge is -2.38. The SMILES string of the molecule is CO[Si](C)(C)CCCNC(=O)OCC(F)(F)C(F)(F)C(F)(F)C(F)(F)C(F)(F)C(F)F. The van der Waals surface area contributed by atoms with Gasteiger partial charge in [0, 0.05) is 13.7 Å². The van der Waals surface area contributed by atoms with Crippen LogP contribution in [0.5, 0.6) is 0 Å². The Morgan fingerprint density at radius 2 is 1.39 bits per heavy atom. The molecule has 0 aliphatic rings. The summed E-state index contributed by atoms with van der Waals surface area (Å²) in [4.78, 5) is 11.2. The van der Waals surface area contributed by atoms with Gasteiger partial charge in [-0.15, -0.1) is 0 Å². The summed E-state index contributed by atoms with van der Waals surface area (Å²) in [7, 11) is -0.642. The molecule has 0 aliphatic heterocycles. The predicted molar refractivity (Wildman–Crippen MR) is 84.0 cm³/mol. The number of rotatable bonds is 12. The Kier molecular flexibility index (Phi) is 9.19. The normalized spacial score (nSPS) is 14.7. The van der Waals surface area contributed by atoms with Crippen molar-refractivity contribution < 1.29 is 66.6 Å². The average Bonchev–Trinajstić information content (AvgIpc) is 2.62. The standard InChI is InChI=1S/C14H19F12NO3Si/c1-29-31(2,3)6-4-5-27-9(28)30-7-10(17,18)12(21,22)14(25,26)13(23,24)11(19,20)8(15)16/h8H,4-7H2,1-3H3,(H,27,28). The maximum Gasteiger partial charge on any atom is 0.407 e. The Morgan fingerprint density at radius 1 is 0.903 bits per heavy atom. The van der Waals surface area contributed by atoms with Gasteiger partial charge in [0.05, 0.1) is 0 Å². The number of nitrogens with one attached hydrogen (secondary N) is 1. The van der Waals surface area contributed by atoms with E-state index in [4.69, 9.17) is 4.43 Å². The summed E-state index contributed by atoms with van der Waals surface area (Å²) < 4.78 is 164. The molecule has 0 spiro atoms. The van der Waals surface area contributed by atoms with Gasteiger partial charge in [-0.25, -0.2) is 13.6 Å². The summed E-state index contributed by atoms with van der Waals surface area (Å²) in [5.74, 6) is -36.0. The molecule has 0 bridgehead atoms. The fraction of sp³-hybridized carbons (Fsp3) is 0.929. The quantitative estimate of drug-likeness (QED) is 0.220. The van der Waals surface area contributed by atoms with E-state index in [1.807, 2.05) is 0 Å². The van der Waals surface area contributed by atoms with Crippen molar-refractivity contribution in [3.63, 3.8) is 0 Å². The Hall–Kier alpha value is -1.39. The zero-order chi connectivity index (χ0) is 25.1. The minimum atomic E-state index is -7.65. The highest BCUT2D eigenvalue weighted by molar-refractivity contribution is 6.71. The Labute approximate surface area is 169 Å². The van der Waals surface area contributed by atoms with Gasteiger partial charge in [0.2, 0.25) is 0 Å². The van der Waals surface area contributed by atoms with E-state index < -0.39 is 57.1 Å². The molecular weight excluding hydrogens is 486 g/mol. The van der Waals surface area contributed by atoms with Crippen LogP contribution in [0.1, 0.15) is 6.42 Å². The first-order valence-corrected chi connectivity index (χ1v) is 11.4. The number of hydrogen-bond donors (Lipinski definition) is 1. The smallest absolute Gasteiger partial charge is 0.407 e. The predicted octanol–water partition coefficient (Wildman–Crippen LogP) is 5.40. The third-order valence-electron chi connectivity index (χ3n) is 4.10. The molecular formula is C14H19F12NO3Si. The maximum atomic E-state index is 13.5. The van der Waals surface area contributed by atoms with Gasteiger partial charge in [0.25, 0.3) is 0 Å². The number of alkyl halides is 12. The molecule has 0 unspecified atom stereocenters. The summed E-state index contributed by atoms with van der Waals surface area (Å²) in [6, 6.07) is 0.442. The van der Waals surface area contributed by atoms with Crippen LogP contribution in [0.15, 0.2) is 0 Å². The highest BCUT2D eigenvalue weighted by Crippen LogP contribution is 2.58. The molecule has 0 rings (SSSR count). The van der Waals surface area contributed by atoms with Crippen LogP contribution in [0, 0.1) is 0 Å². The zero-order valence-corrected chi connectivity index (χ0v) is 17.2. The first kappa shape index (κ1) is 29.6. The molecule has 0 aliphatic carbocycles. The summed E-state index contributed by atoms with van der Waals surface area (Å²) in [6.07, 6.45) is -7.20. The van der Waals surface area contributed by atoms with Crippen LogP contribution in [0.3, 0.4) is 0 Å². The van der Waals surface area contributed by atoms with E-state index in [0.29, 0.717) is 6.04 Å². The van der Waals surface area contributed by atoms with E-state index in [2.05, 4.69) is 4.74 Å². The van der Waals surface area contributed by atoms with Gasteiger partial charge in [-0.2, -0.15) is 43.9 Å². The first-order chi connectivity index (χ1) is 13.6. The maximum absolute atomic E-state index is 13.5. The van der Waals surface area contributed by atoms with Crippen molar-refractivity contribution in [3.05, 3.63) is 0 Å². The highest BCUT2D eigenvalue weighted by Gasteiger charge is 2.87. The van der Waals surface area contributed by atoms with E-state index in [9.17, 15) is 57.5 Å². The van der Waals surface area contributed by atoms with Crippen LogP contribution in [0.25, 0.3) is 0 Å². The van der Waals surface area contributed by atoms with Crippen molar-refractivity contribution in [1.29, 1.82) is 0 Å².